The quantitative estimate of drug-likeness (QED) is 0.768. The van der Waals surface area contributed by atoms with Crippen LogP contribution >= 0.6 is 0 Å². The van der Waals surface area contributed by atoms with Gasteiger partial charge < -0.3 is 14.7 Å². The molecule has 1 N–H and O–H groups in total. The van der Waals surface area contributed by atoms with E-state index >= 15 is 0 Å². The number of nitrogens with zero attached hydrogens (tertiary/aromatic N) is 3. The standard InChI is InChI=1S/C10H16N4O2/c1-11-8-3-2-5-14(10(8)15)6-4-9-12-7-13-16-9/h7-8,11H,2-6H2,1H3. The van der Waals surface area contributed by atoms with Gasteiger partial charge in [-0.2, -0.15) is 4.98 Å². The fraction of sp³-hybridized carbons (Fsp3) is 0.700. The SMILES string of the molecule is CNC1CCCN(CCc2ncno2)C1=O. The number of likely N-dealkylation sites (tertiary alicyclic amines) is 1. The smallest absolute Gasteiger partial charge is 0.239 e. The fourth-order valence-electron chi connectivity index (χ4n) is 1.97. The van der Waals surface area contributed by atoms with Crippen LogP contribution in [0.2, 0.25) is 0 Å². The molecule has 1 saturated heterocycles. The predicted molar refractivity (Wildman–Crippen MR) is 56.7 cm³/mol. The molecule has 1 atom stereocenters. The summed E-state index contributed by atoms with van der Waals surface area (Å²) in [5.41, 5.74) is 0. The number of carbonyl (C=O) groups is 1. The predicted octanol–water partition coefficient (Wildman–Crippen LogP) is -0.178. The number of likely N-dealkylation sites (N-methyl/N-ethyl adjacent to an activating group) is 1. The Bertz CT molecular complexity index is 339. The van der Waals surface area contributed by atoms with E-state index in [1.807, 2.05) is 11.9 Å². The number of aromatic nitrogens is 2. The maximum atomic E-state index is 11.9. The molecule has 0 spiro atoms. The highest BCUT2D eigenvalue weighted by atomic mass is 16.5. The highest BCUT2D eigenvalue weighted by Crippen LogP contribution is 2.11. The first kappa shape index (κ1) is 11.1. The first-order valence-corrected chi connectivity index (χ1v) is 5.53. The molecule has 0 bridgehead atoms. The molecule has 1 fully saturated rings. The van der Waals surface area contributed by atoms with Crippen LogP contribution in [0.25, 0.3) is 0 Å². The topological polar surface area (TPSA) is 71.3 Å². The lowest BCUT2D eigenvalue weighted by atomic mass is 10.0. The molecule has 2 rings (SSSR count). The van der Waals surface area contributed by atoms with Crippen molar-refractivity contribution in [2.45, 2.75) is 25.3 Å². The van der Waals surface area contributed by atoms with Gasteiger partial charge in [-0.25, -0.2) is 0 Å². The average molecular weight is 224 g/mol. The molecule has 1 aromatic rings. The van der Waals surface area contributed by atoms with Crippen LogP contribution in [0, 0.1) is 0 Å². The van der Waals surface area contributed by atoms with E-state index in [0.29, 0.717) is 18.9 Å². The molecule has 6 nitrogen and oxygen atoms in total. The number of nitrogens with one attached hydrogen (secondary N) is 1. The van der Waals surface area contributed by atoms with E-state index in [9.17, 15) is 4.79 Å². The molecule has 88 valence electrons. The minimum atomic E-state index is -0.0311. The van der Waals surface area contributed by atoms with Crippen LogP contribution in [0.3, 0.4) is 0 Å². The zero-order valence-corrected chi connectivity index (χ0v) is 9.35. The van der Waals surface area contributed by atoms with Crippen LogP contribution in [-0.2, 0) is 11.2 Å². The van der Waals surface area contributed by atoms with Crippen molar-refractivity contribution in [3.8, 4) is 0 Å². The lowest BCUT2D eigenvalue weighted by Gasteiger charge is -2.31. The van der Waals surface area contributed by atoms with Crippen LogP contribution in [0.15, 0.2) is 10.9 Å². The van der Waals surface area contributed by atoms with Gasteiger partial charge >= 0.3 is 0 Å². The third kappa shape index (κ3) is 2.38. The Morgan fingerprint density at radius 2 is 2.56 bits per heavy atom. The van der Waals surface area contributed by atoms with Gasteiger partial charge in [0.1, 0.15) is 0 Å². The van der Waals surface area contributed by atoms with Crippen LogP contribution in [0.4, 0.5) is 0 Å². The zero-order chi connectivity index (χ0) is 11.4. The molecule has 16 heavy (non-hydrogen) atoms. The summed E-state index contributed by atoms with van der Waals surface area (Å²) in [4.78, 5) is 17.7. The van der Waals surface area contributed by atoms with Crippen molar-refractivity contribution in [3.63, 3.8) is 0 Å². The van der Waals surface area contributed by atoms with E-state index < -0.39 is 0 Å². The van der Waals surface area contributed by atoms with Crippen molar-refractivity contribution in [1.29, 1.82) is 0 Å². The van der Waals surface area contributed by atoms with E-state index in [0.717, 1.165) is 19.4 Å². The van der Waals surface area contributed by atoms with Crippen molar-refractivity contribution in [3.05, 3.63) is 12.2 Å². The summed E-state index contributed by atoms with van der Waals surface area (Å²) in [6.07, 6.45) is 3.97. The summed E-state index contributed by atoms with van der Waals surface area (Å²) < 4.78 is 4.90. The number of amides is 1. The van der Waals surface area contributed by atoms with Crippen LogP contribution < -0.4 is 5.32 Å². The molecule has 0 aliphatic carbocycles. The highest BCUT2D eigenvalue weighted by Gasteiger charge is 2.27. The zero-order valence-electron chi connectivity index (χ0n) is 9.35. The van der Waals surface area contributed by atoms with Crippen molar-refractivity contribution >= 4 is 5.91 Å². The normalized spacial score (nSPS) is 21.4. The summed E-state index contributed by atoms with van der Waals surface area (Å²) in [6.45, 7) is 1.48. The summed E-state index contributed by atoms with van der Waals surface area (Å²) >= 11 is 0. The third-order valence-electron chi connectivity index (χ3n) is 2.88. The van der Waals surface area contributed by atoms with Gasteiger partial charge in [-0.05, 0) is 19.9 Å². The number of piperidine rings is 1. The van der Waals surface area contributed by atoms with E-state index in [1.165, 1.54) is 6.33 Å². The summed E-state index contributed by atoms with van der Waals surface area (Å²) in [7, 11) is 1.82. The molecule has 0 aromatic carbocycles. The maximum Gasteiger partial charge on any atom is 0.239 e. The molecule has 1 aliphatic rings. The lowest BCUT2D eigenvalue weighted by molar-refractivity contribution is -0.135. The molecular weight excluding hydrogens is 208 g/mol. The molecule has 6 heteroatoms. The van der Waals surface area contributed by atoms with Gasteiger partial charge in [0, 0.05) is 19.5 Å². The van der Waals surface area contributed by atoms with Crippen LogP contribution in [0.5, 0.6) is 0 Å². The van der Waals surface area contributed by atoms with E-state index in [4.69, 9.17) is 4.52 Å². The summed E-state index contributed by atoms with van der Waals surface area (Å²) in [5.74, 6) is 0.757. The monoisotopic (exact) mass is 224 g/mol. The van der Waals surface area contributed by atoms with Gasteiger partial charge in [0.15, 0.2) is 6.33 Å². The van der Waals surface area contributed by atoms with Gasteiger partial charge in [0.25, 0.3) is 0 Å². The van der Waals surface area contributed by atoms with Crippen molar-refractivity contribution in [1.82, 2.24) is 20.4 Å². The van der Waals surface area contributed by atoms with E-state index in [2.05, 4.69) is 15.5 Å². The van der Waals surface area contributed by atoms with Gasteiger partial charge in [-0.1, -0.05) is 5.16 Å². The lowest BCUT2D eigenvalue weighted by Crippen LogP contribution is -2.50. The second-order valence-electron chi connectivity index (χ2n) is 3.89. The van der Waals surface area contributed by atoms with Crippen LogP contribution in [-0.4, -0.2) is 47.1 Å². The third-order valence-corrected chi connectivity index (χ3v) is 2.88. The Labute approximate surface area is 94.0 Å². The van der Waals surface area contributed by atoms with E-state index in [1.54, 1.807) is 0 Å². The summed E-state index contributed by atoms with van der Waals surface area (Å²) in [5, 5.41) is 6.57. The molecular formula is C10H16N4O2. The maximum absolute atomic E-state index is 11.9. The van der Waals surface area contributed by atoms with Gasteiger partial charge in [-0.15, -0.1) is 0 Å². The van der Waals surface area contributed by atoms with Crippen molar-refractivity contribution < 1.29 is 9.32 Å². The Morgan fingerprint density at radius 3 is 3.25 bits per heavy atom. The Kier molecular flexibility index (Phi) is 3.51. The fourth-order valence-corrected chi connectivity index (χ4v) is 1.97. The van der Waals surface area contributed by atoms with Gasteiger partial charge in [0.2, 0.25) is 11.8 Å². The van der Waals surface area contributed by atoms with Gasteiger partial charge in [-0.3, -0.25) is 4.79 Å². The Hall–Kier alpha value is -1.43. The van der Waals surface area contributed by atoms with Crippen molar-refractivity contribution in [2.24, 2.45) is 0 Å². The second kappa shape index (κ2) is 5.07. The Morgan fingerprint density at radius 1 is 1.69 bits per heavy atom. The molecule has 1 aromatic heterocycles. The van der Waals surface area contributed by atoms with Gasteiger partial charge in [0.05, 0.1) is 6.04 Å². The Balaban J connectivity index is 1.87. The average Bonchev–Trinajstić information content (AvgIpc) is 2.81. The van der Waals surface area contributed by atoms with Crippen molar-refractivity contribution in [2.75, 3.05) is 20.1 Å². The minimum Gasteiger partial charge on any atom is -0.341 e. The number of carbonyl (C=O) groups excluding carboxylic acids is 1. The number of hydrogen-bond donors (Lipinski definition) is 1. The number of hydrogen-bond acceptors (Lipinski definition) is 5. The molecule has 1 aliphatic heterocycles. The second-order valence-corrected chi connectivity index (χ2v) is 3.89. The molecule has 0 radical (unpaired) electrons. The molecule has 2 heterocycles. The van der Waals surface area contributed by atoms with E-state index in [-0.39, 0.29) is 11.9 Å². The largest absolute Gasteiger partial charge is 0.341 e. The number of rotatable bonds is 4. The highest BCUT2D eigenvalue weighted by molar-refractivity contribution is 5.82. The molecule has 1 unspecified atom stereocenters. The van der Waals surface area contributed by atoms with Crippen LogP contribution in [0.1, 0.15) is 18.7 Å². The molecule has 0 saturated carbocycles. The molecule has 1 amide bonds. The minimum absolute atomic E-state index is 0.0311. The summed E-state index contributed by atoms with van der Waals surface area (Å²) in [6, 6.07) is -0.0311. The first-order chi connectivity index (χ1) is 7.81. The first-order valence-electron chi connectivity index (χ1n) is 5.53.